The molecular weight excluding hydrogens is 242 g/mol. The molecule has 0 radical (unpaired) electrons. The van der Waals surface area contributed by atoms with Gasteiger partial charge in [-0.25, -0.2) is 0 Å². The maximum absolute atomic E-state index is 12.2. The van der Waals surface area contributed by atoms with E-state index in [1.165, 1.54) is 0 Å². The zero-order valence-electron chi connectivity index (χ0n) is 10.9. The van der Waals surface area contributed by atoms with Crippen molar-refractivity contribution < 1.29 is 14.6 Å². The first kappa shape index (κ1) is 12.5. The number of carbonyl (C=O) groups excluding carboxylic acids is 1. The van der Waals surface area contributed by atoms with E-state index < -0.39 is 5.60 Å². The van der Waals surface area contributed by atoms with E-state index in [1.807, 2.05) is 24.3 Å². The van der Waals surface area contributed by atoms with E-state index in [4.69, 9.17) is 4.74 Å². The van der Waals surface area contributed by atoms with Crippen molar-refractivity contribution in [1.29, 1.82) is 0 Å². The monoisotopic (exact) mass is 261 g/mol. The molecule has 0 aromatic heterocycles. The highest BCUT2D eigenvalue weighted by molar-refractivity contribution is 5.85. The summed E-state index contributed by atoms with van der Waals surface area (Å²) in [6.07, 6.45) is 3.74. The van der Waals surface area contributed by atoms with E-state index >= 15 is 0 Å². The van der Waals surface area contributed by atoms with E-state index in [1.54, 1.807) is 0 Å². The van der Waals surface area contributed by atoms with Crippen LogP contribution in [0.2, 0.25) is 0 Å². The molecule has 0 saturated heterocycles. The second-order valence-electron chi connectivity index (χ2n) is 5.44. The molecule has 1 aromatic carbocycles. The summed E-state index contributed by atoms with van der Waals surface area (Å²) >= 11 is 0. The van der Waals surface area contributed by atoms with Gasteiger partial charge >= 0.3 is 0 Å². The quantitative estimate of drug-likeness (QED) is 0.855. The zero-order chi connectivity index (χ0) is 13.3. The lowest BCUT2D eigenvalue weighted by Gasteiger charge is -2.30. The maximum atomic E-state index is 12.2. The predicted octanol–water partition coefficient (Wildman–Crippen LogP) is 1.93. The second kappa shape index (κ2) is 4.85. The normalized spacial score (nSPS) is 24.4. The molecular formula is C15H19NO3. The molecule has 4 heteroatoms. The van der Waals surface area contributed by atoms with Crippen molar-refractivity contribution in [2.45, 2.75) is 43.7 Å². The molecule has 1 aromatic rings. The Labute approximate surface area is 112 Å². The average molecular weight is 261 g/mol. The van der Waals surface area contributed by atoms with Gasteiger partial charge in [0.25, 0.3) is 5.91 Å². The van der Waals surface area contributed by atoms with Crippen molar-refractivity contribution in [2.24, 2.45) is 0 Å². The van der Waals surface area contributed by atoms with Crippen LogP contribution in [0.25, 0.3) is 0 Å². The largest absolute Gasteiger partial charge is 0.493 e. The lowest BCUT2D eigenvalue weighted by atomic mass is 9.97. The number of rotatable bonds is 2. The van der Waals surface area contributed by atoms with Gasteiger partial charge in [0.05, 0.1) is 12.6 Å². The molecule has 1 saturated carbocycles. The third-order valence-corrected chi connectivity index (χ3v) is 4.12. The van der Waals surface area contributed by atoms with Gasteiger partial charge in [-0.1, -0.05) is 18.2 Å². The molecule has 1 aliphatic carbocycles. The van der Waals surface area contributed by atoms with E-state index in [0.29, 0.717) is 19.4 Å². The standard InChI is InChI=1S/C15H19NO3/c17-14(15(18)8-3-4-9-15)16-12-7-10-19-13-6-2-1-5-11(12)13/h1-2,5-6,12,18H,3-4,7-10H2,(H,16,17). The van der Waals surface area contributed by atoms with Crippen molar-refractivity contribution in [3.05, 3.63) is 29.8 Å². The van der Waals surface area contributed by atoms with Crippen LogP contribution in [0.1, 0.15) is 43.7 Å². The van der Waals surface area contributed by atoms with Crippen LogP contribution in [0, 0.1) is 0 Å². The van der Waals surface area contributed by atoms with Crippen LogP contribution in [-0.4, -0.2) is 23.2 Å². The Morgan fingerprint density at radius 2 is 2.05 bits per heavy atom. The van der Waals surface area contributed by atoms with Crippen molar-refractivity contribution in [1.82, 2.24) is 5.32 Å². The summed E-state index contributed by atoms with van der Waals surface area (Å²) in [5, 5.41) is 13.3. The number of para-hydroxylation sites is 1. The van der Waals surface area contributed by atoms with Crippen molar-refractivity contribution in [3.8, 4) is 5.75 Å². The lowest BCUT2D eigenvalue weighted by Crippen LogP contribution is -2.46. The molecule has 3 rings (SSSR count). The molecule has 1 atom stereocenters. The third-order valence-electron chi connectivity index (χ3n) is 4.12. The van der Waals surface area contributed by atoms with Gasteiger partial charge < -0.3 is 15.2 Å². The first-order valence-electron chi connectivity index (χ1n) is 6.94. The van der Waals surface area contributed by atoms with Gasteiger partial charge in [-0.3, -0.25) is 4.79 Å². The maximum Gasteiger partial charge on any atom is 0.252 e. The molecule has 1 unspecified atom stereocenters. The molecule has 102 valence electrons. The van der Waals surface area contributed by atoms with Gasteiger partial charge in [0, 0.05) is 12.0 Å². The molecule has 2 N–H and O–H groups in total. The first-order chi connectivity index (χ1) is 9.19. The molecule has 1 amide bonds. The minimum absolute atomic E-state index is 0.0536. The number of aliphatic hydroxyl groups is 1. The number of amides is 1. The van der Waals surface area contributed by atoms with Gasteiger partial charge in [0.2, 0.25) is 0 Å². The first-order valence-corrected chi connectivity index (χ1v) is 6.94. The topological polar surface area (TPSA) is 58.6 Å². The average Bonchev–Trinajstić information content (AvgIpc) is 2.87. The van der Waals surface area contributed by atoms with Crippen LogP contribution >= 0.6 is 0 Å². The summed E-state index contributed by atoms with van der Waals surface area (Å²) in [6.45, 7) is 0.598. The fraction of sp³-hybridized carbons (Fsp3) is 0.533. The predicted molar refractivity (Wildman–Crippen MR) is 70.9 cm³/mol. The Hall–Kier alpha value is -1.55. The molecule has 2 aliphatic rings. The molecule has 1 heterocycles. The van der Waals surface area contributed by atoms with Crippen molar-refractivity contribution in [3.63, 3.8) is 0 Å². The molecule has 1 fully saturated rings. The van der Waals surface area contributed by atoms with Crippen LogP contribution in [0.5, 0.6) is 5.75 Å². The van der Waals surface area contributed by atoms with Crippen LogP contribution in [-0.2, 0) is 4.79 Å². The van der Waals surface area contributed by atoms with Gasteiger partial charge in [-0.2, -0.15) is 0 Å². The van der Waals surface area contributed by atoms with Crippen molar-refractivity contribution in [2.75, 3.05) is 6.61 Å². The summed E-state index contributed by atoms with van der Waals surface area (Å²) in [6, 6.07) is 7.70. The number of ether oxygens (including phenoxy) is 1. The minimum Gasteiger partial charge on any atom is -0.493 e. The zero-order valence-corrected chi connectivity index (χ0v) is 10.9. The smallest absolute Gasteiger partial charge is 0.252 e. The van der Waals surface area contributed by atoms with E-state index in [-0.39, 0.29) is 11.9 Å². The summed E-state index contributed by atoms with van der Waals surface area (Å²) < 4.78 is 5.57. The summed E-state index contributed by atoms with van der Waals surface area (Å²) in [4.78, 5) is 12.2. The summed E-state index contributed by atoms with van der Waals surface area (Å²) in [5.74, 6) is 0.601. The number of carbonyl (C=O) groups is 1. The number of hydrogen-bond acceptors (Lipinski definition) is 3. The van der Waals surface area contributed by atoms with Crippen LogP contribution in [0.3, 0.4) is 0 Å². The van der Waals surface area contributed by atoms with Crippen LogP contribution in [0.15, 0.2) is 24.3 Å². The van der Waals surface area contributed by atoms with Crippen molar-refractivity contribution >= 4 is 5.91 Å². The van der Waals surface area contributed by atoms with E-state index in [0.717, 1.165) is 30.6 Å². The third kappa shape index (κ3) is 2.32. The number of nitrogens with one attached hydrogen (secondary N) is 1. The highest BCUT2D eigenvalue weighted by atomic mass is 16.5. The van der Waals surface area contributed by atoms with Gasteiger partial charge in [-0.05, 0) is 31.7 Å². The molecule has 1 aliphatic heterocycles. The number of hydrogen-bond donors (Lipinski definition) is 2. The SMILES string of the molecule is O=C(NC1CCOc2ccccc21)C1(O)CCCC1. The van der Waals surface area contributed by atoms with Gasteiger partial charge in [-0.15, -0.1) is 0 Å². The van der Waals surface area contributed by atoms with Crippen LogP contribution in [0.4, 0.5) is 0 Å². The minimum atomic E-state index is -1.16. The summed E-state index contributed by atoms with van der Waals surface area (Å²) in [7, 11) is 0. The molecule has 19 heavy (non-hydrogen) atoms. The Morgan fingerprint density at radius 1 is 1.32 bits per heavy atom. The van der Waals surface area contributed by atoms with Crippen LogP contribution < -0.4 is 10.1 Å². The van der Waals surface area contributed by atoms with Gasteiger partial charge in [0.15, 0.2) is 0 Å². The van der Waals surface area contributed by atoms with E-state index in [9.17, 15) is 9.90 Å². The fourth-order valence-corrected chi connectivity index (χ4v) is 2.97. The highest BCUT2D eigenvalue weighted by Gasteiger charge is 2.40. The lowest BCUT2D eigenvalue weighted by molar-refractivity contribution is -0.140. The Kier molecular flexibility index (Phi) is 3.19. The fourth-order valence-electron chi connectivity index (χ4n) is 2.97. The molecule has 4 nitrogen and oxygen atoms in total. The van der Waals surface area contributed by atoms with Gasteiger partial charge in [0.1, 0.15) is 11.4 Å². The Bertz CT molecular complexity index is 480. The van der Waals surface area contributed by atoms with E-state index in [2.05, 4.69) is 5.32 Å². The number of benzene rings is 1. The Morgan fingerprint density at radius 3 is 2.84 bits per heavy atom. The summed E-state index contributed by atoms with van der Waals surface area (Å²) in [5.41, 5.74) is -0.156. The highest BCUT2D eigenvalue weighted by Crippen LogP contribution is 2.34. The Balaban J connectivity index is 1.76. The second-order valence-corrected chi connectivity index (χ2v) is 5.44. The molecule has 0 spiro atoms. The number of fused-ring (bicyclic) bond motifs is 1. The molecule has 0 bridgehead atoms.